The molecule has 0 unspecified atom stereocenters. The summed E-state index contributed by atoms with van der Waals surface area (Å²) in [6.07, 6.45) is 1.16. The smallest absolute Gasteiger partial charge is 0.249 e. The molecule has 0 radical (unpaired) electrons. The highest BCUT2D eigenvalue weighted by atomic mass is 16.5. The lowest BCUT2D eigenvalue weighted by Crippen LogP contribution is -2.34. The van der Waals surface area contributed by atoms with Crippen molar-refractivity contribution in [1.82, 2.24) is 20.1 Å². The number of benzene rings is 1. The second-order valence-corrected chi connectivity index (χ2v) is 4.27. The van der Waals surface area contributed by atoms with Crippen molar-refractivity contribution in [2.24, 2.45) is 0 Å². The Morgan fingerprint density at radius 2 is 2.15 bits per heavy atom. The molecule has 1 aromatic heterocycles. The minimum absolute atomic E-state index is 0.158. The molecule has 6 heteroatoms. The average molecular weight is 274 g/mol. The fraction of sp³-hybridized carbons (Fsp3) is 0.357. The molecule has 2 aromatic rings. The van der Waals surface area contributed by atoms with Gasteiger partial charge in [0.25, 0.3) is 0 Å². The SMILES string of the molecule is CCO[C@@H](C)C(=O)NCc1nncn1-c1ccccc1. The number of hydrogen-bond donors (Lipinski definition) is 1. The zero-order valence-corrected chi connectivity index (χ0v) is 11.6. The normalized spacial score (nSPS) is 12.1. The zero-order valence-electron chi connectivity index (χ0n) is 11.6. The van der Waals surface area contributed by atoms with Gasteiger partial charge >= 0.3 is 0 Å². The third kappa shape index (κ3) is 3.42. The van der Waals surface area contributed by atoms with Gasteiger partial charge in [0, 0.05) is 12.3 Å². The number of nitrogens with one attached hydrogen (secondary N) is 1. The first kappa shape index (κ1) is 14.2. The van der Waals surface area contributed by atoms with Crippen molar-refractivity contribution in [2.75, 3.05) is 6.61 Å². The molecule has 0 aliphatic heterocycles. The summed E-state index contributed by atoms with van der Waals surface area (Å²) >= 11 is 0. The van der Waals surface area contributed by atoms with E-state index in [1.54, 1.807) is 13.3 Å². The predicted molar refractivity (Wildman–Crippen MR) is 74.3 cm³/mol. The molecule has 1 aromatic carbocycles. The van der Waals surface area contributed by atoms with Crippen molar-refractivity contribution < 1.29 is 9.53 Å². The monoisotopic (exact) mass is 274 g/mol. The summed E-state index contributed by atoms with van der Waals surface area (Å²) in [6, 6.07) is 9.73. The molecule has 0 aliphatic rings. The molecule has 0 spiro atoms. The lowest BCUT2D eigenvalue weighted by Gasteiger charge is -2.12. The molecule has 0 aliphatic carbocycles. The number of para-hydroxylation sites is 1. The summed E-state index contributed by atoms with van der Waals surface area (Å²) in [4.78, 5) is 11.8. The molecule has 0 bridgehead atoms. The number of carbonyl (C=O) groups excluding carboxylic acids is 1. The third-order valence-electron chi connectivity index (χ3n) is 2.86. The van der Waals surface area contributed by atoms with E-state index in [0.717, 1.165) is 5.69 Å². The number of hydrogen-bond acceptors (Lipinski definition) is 4. The maximum Gasteiger partial charge on any atom is 0.249 e. The topological polar surface area (TPSA) is 69.0 Å². The van der Waals surface area contributed by atoms with Gasteiger partial charge in [0.05, 0.1) is 6.54 Å². The van der Waals surface area contributed by atoms with Crippen molar-refractivity contribution in [3.63, 3.8) is 0 Å². The number of carbonyl (C=O) groups is 1. The van der Waals surface area contributed by atoms with E-state index in [1.807, 2.05) is 41.8 Å². The lowest BCUT2D eigenvalue weighted by atomic mass is 10.3. The second-order valence-electron chi connectivity index (χ2n) is 4.27. The molecule has 6 nitrogen and oxygen atoms in total. The molecule has 2 rings (SSSR count). The van der Waals surface area contributed by atoms with Crippen LogP contribution in [0.15, 0.2) is 36.7 Å². The molecule has 0 saturated heterocycles. The fourth-order valence-electron chi connectivity index (χ4n) is 1.82. The molecule has 0 fully saturated rings. The molecule has 0 saturated carbocycles. The first-order chi connectivity index (χ1) is 9.72. The van der Waals surface area contributed by atoms with Gasteiger partial charge in [-0.2, -0.15) is 0 Å². The van der Waals surface area contributed by atoms with Gasteiger partial charge in [-0.15, -0.1) is 10.2 Å². The van der Waals surface area contributed by atoms with Crippen molar-refractivity contribution in [2.45, 2.75) is 26.5 Å². The van der Waals surface area contributed by atoms with Gasteiger partial charge < -0.3 is 10.1 Å². The molecule has 1 heterocycles. The van der Waals surface area contributed by atoms with Crippen LogP contribution < -0.4 is 5.32 Å². The molecular weight excluding hydrogens is 256 g/mol. The van der Waals surface area contributed by atoms with Gasteiger partial charge in [0.2, 0.25) is 5.91 Å². The van der Waals surface area contributed by atoms with Gasteiger partial charge in [-0.3, -0.25) is 9.36 Å². The van der Waals surface area contributed by atoms with Crippen LogP contribution in [0.3, 0.4) is 0 Å². The Kier molecular flexibility index (Phi) is 4.84. The molecule has 106 valence electrons. The minimum Gasteiger partial charge on any atom is -0.369 e. The minimum atomic E-state index is -0.465. The van der Waals surface area contributed by atoms with Gasteiger partial charge in [0.1, 0.15) is 12.4 Å². The van der Waals surface area contributed by atoms with Gasteiger partial charge in [-0.05, 0) is 26.0 Å². The van der Waals surface area contributed by atoms with Gasteiger partial charge in [-0.25, -0.2) is 0 Å². The molecule has 1 atom stereocenters. The molecule has 1 N–H and O–H groups in total. The summed E-state index contributed by atoms with van der Waals surface area (Å²) in [7, 11) is 0. The van der Waals surface area contributed by atoms with Gasteiger partial charge in [-0.1, -0.05) is 18.2 Å². The molecular formula is C14H18N4O2. The van der Waals surface area contributed by atoms with E-state index in [-0.39, 0.29) is 5.91 Å². The van der Waals surface area contributed by atoms with Crippen LogP contribution in [0, 0.1) is 0 Å². The van der Waals surface area contributed by atoms with Crippen LogP contribution in [-0.4, -0.2) is 33.4 Å². The van der Waals surface area contributed by atoms with Crippen LogP contribution in [0.25, 0.3) is 5.69 Å². The summed E-state index contributed by atoms with van der Waals surface area (Å²) in [5.41, 5.74) is 0.958. The second kappa shape index (κ2) is 6.81. The van der Waals surface area contributed by atoms with Crippen molar-refractivity contribution in [1.29, 1.82) is 0 Å². The first-order valence-corrected chi connectivity index (χ1v) is 6.56. The summed E-state index contributed by atoms with van der Waals surface area (Å²) < 4.78 is 7.07. The Balaban J connectivity index is 2.01. The number of ether oxygens (including phenoxy) is 1. The Hall–Kier alpha value is -2.21. The molecule has 20 heavy (non-hydrogen) atoms. The van der Waals surface area contributed by atoms with E-state index in [2.05, 4.69) is 15.5 Å². The molecule has 1 amide bonds. The van der Waals surface area contributed by atoms with Crippen LogP contribution in [0.4, 0.5) is 0 Å². The maximum absolute atomic E-state index is 11.8. The maximum atomic E-state index is 11.8. The largest absolute Gasteiger partial charge is 0.369 e. The van der Waals surface area contributed by atoms with E-state index in [9.17, 15) is 4.79 Å². The number of amides is 1. The summed E-state index contributed by atoms with van der Waals surface area (Å²) in [6.45, 7) is 4.40. The highest BCUT2D eigenvalue weighted by Gasteiger charge is 2.13. The third-order valence-corrected chi connectivity index (χ3v) is 2.86. The zero-order chi connectivity index (χ0) is 14.4. The summed E-state index contributed by atoms with van der Waals surface area (Å²) in [5, 5.41) is 10.7. The van der Waals surface area contributed by atoms with Crippen LogP contribution in [0.1, 0.15) is 19.7 Å². The van der Waals surface area contributed by atoms with Crippen LogP contribution >= 0.6 is 0 Å². The Labute approximate surface area is 117 Å². The van der Waals surface area contributed by atoms with Crippen LogP contribution in [-0.2, 0) is 16.1 Å². The number of nitrogens with zero attached hydrogens (tertiary/aromatic N) is 3. The quantitative estimate of drug-likeness (QED) is 0.862. The highest BCUT2D eigenvalue weighted by Crippen LogP contribution is 2.08. The highest BCUT2D eigenvalue weighted by molar-refractivity contribution is 5.80. The first-order valence-electron chi connectivity index (χ1n) is 6.56. The number of aromatic nitrogens is 3. The fourth-order valence-corrected chi connectivity index (χ4v) is 1.82. The van der Waals surface area contributed by atoms with E-state index in [0.29, 0.717) is 19.0 Å². The summed E-state index contributed by atoms with van der Waals surface area (Å²) in [5.74, 6) is 0.516. The standard InChI is InChI=1S/C14H18N4O2/c1-3-20-11(2)14(19)15-9-13-17-16-10-18(13)12-7-5-4-6-8-12/h4-8,10-11H,3,9H2,1-2H3,(H,15,19)/t11-/m0/s1. The van der Waals surface area contributed by atoms with E-state index >= 15 is 0 Å². The van der Waals surface area contributed by atoms with Gasteiger partial charge in [0.15, 0.2) is 5.82 Å². The van der Waals surface area contributed by atoms with Crippen molar-refractivity contribution in [3.05, 3.63) is 42.5 Å². The van der Waals surface area contributed by atoms with E-state index in [4.69, 9.17) is 4.74 Å². The van der Waals surface area contributed by atoms with E-state index in [1.165, 1.54) is 0 Å². The lowest BCUT2D eigenvalue weighted by molar-refractivity contribution is -0.131. The van der Waals surface area contributed by atoms with Crippen LogP contribution in [0.5, 0.6) is 0 Å². The Morgan fingerprint density at radius 1 is 1.40 bits per heavy atom. The predicted octanol–water partition coefficient (Wildman–Crippen LogP) is 1.31. The van der Waals surface area contributed by atoms with E-state index < -0.39 is 6.10 Å². The Bertz CT molecular complexity index is 553. The van der Waals surface area contributed by atoms with Crippen molar-refractivity contribution in [3.8, 4) is 5.69 Å². The Morgan fingerprint density at radius 3 is 2.85 bits per heavy atom. The number of rotatable bonds is 6. The van der Waals surface area contributed by atoms with Crippen molar-refractivity contribution >= 4 is 5.91 Å². The average Bonchev–Trinajstić information content (AvgIpc) is 2.94. The van der Waals surface area contributed by atoms with Crippen LogP contribution in [0.2, 0.25) is 0 Å².